The molecule has 0 bridgehead atoms. The van der Waals surface area contributed by atoms with Crippen LogP contribution in [-0.2, 0) is 11.8 Å². The van der Waals surface area contributed by atoms with Crippen LogP contribution in [0.1, 0.15) is 63.4 Å². The minimum absolute atomic E-state index is 0.00932. The molecule has 3 aromatic rings. The fourth-order valence-corrected chi connectivity index (χ4v) is 5.03. The van der Waals surface area contributed by atoms with Crippen molar-refractivity contribution in [2.24, 2.45) is 12.0 Å². The van der Waals surface area contributed by atoms with E-state index in [2.05, 4.69) is 20.6 Å². The molecule has 0 unspecified atom stereocenters. The molecule has 13 heteroatoms. The minimum Gasteiger partial charge on any atom is -0.493 e. The molecule has 13 nitrogen and oxygen atoms in total. The summed E-state index contributed by atoms with van der Waals surface area (Å²) in [6, 6.07) is 9.07. The number of carboxylic acids is 1. The van der Waals surface area contributed by atoms with Gasteiger partial charge in [-0.2, -0.15) is 0 Å². The first-order valence-corrected chi connectivity index (χ1v) is 13.9. The molecule has 0 aliphatic carbocycles. The van der Waals surface area contributed by atoms with E-state index in [0.29, 0.717) is 41.4 Å². The molecule has 1 atom stereocenters. The topological polar surface area (TPSA) is 164 Å². The molecule has 3 N–H and O–H groups in total. The summed E-state index contributed by atoms with van der Waals surface area (Å²) >= 11 is 0. The Morgan fingerprint density at radius 2 is 1.88 bits per heavy atom. The van der Waals surface area contributed by atoms with Crippen LogP contribution < -0.4 is 20.1 Å². The molecule has 0 saturated carbocycles. The van der Waals surface area contributed by atoms with Gasteiger partial charge in [-0.1, -0.05) is 0 Å². The number of aromatic nitrogens is 2. The summed E-state index contributed by atoms with van der Waals surface area (Å²) in [5, 5.41) is 14.3. The molecular formula is C30H32N6O7. The highest BCUT2D eigenvalue weighted by atomic mass is 16.5. The summed E-state index contributed by atoms with van der Waals surface area (Å²) in [6.45, 7) is 0.917. The van der Waals surface area contributed by atoms with E-state index in [9.17, 15) is 19.2 Å². The first-order chi connectivity index (χ1) is 20.7. The van der Waals surface area contributed by atoms with E-state index in [0.717, 1.165) is 19.3 Å². The number of carbonyl (C=O) groups is 4. The van der Waals surface area contributed by atoms with E-state index in [4.69, 9.17) is 14.6 Å². The number of piperidine rings is 1. The molecule has 1 aromatic heterocycles. The van der Waals surface area contributed by atoms with Gasteiger partial charge >= 0.3 is 5.97 Å². The lowest BCUT2D eigenvalue weighted by atomic mass is 10.0. The van der Waals surface area contributed by atoms with Gasteiger partial charge in [0.05, 0.1) is 36.6 Å². The Morgan fingerprint density at radius 3 is 2.63 bits per heavy atom. The van der Waals surface area contributed by atoms with Crippen LogP contribution in [0.2, 0.25) is 0 Å². The van der Waals surface area contributed by atoms with Crippen LogP contribution in [0.3, 0.4) is 0 Å². The third kappa shape index (κ3) is 6.66. The van der Waals surface area contributed by atoms with Gasteiger partial charge in [0.25, 0.3) is 11.8 Å². The number of nitrogens with one attached hydrogen (secondary N) is 2. The van der Waals surface area contributed by atoms with Crippen LogP contribution in [0.25, 0.3) is 0 Å². The van der Waals surface area contributed by atoms with E-state index in [1.54, 1.807) is 19.2 Å². The van der Waals surface area contributed by atoms with Crippen molar-refractivity contribution in [3.63, 3.8) is 0 Å². The largest absolute Gasteiger partial charge is 0.493 e. The van der Waals surface area contributed by atoms with Crippen LogP contribution in [0.5, 0.6) is 11.5 Å². The molecule has 43 heavy (non-hydrogen) atoms. The van der Waals surface area contributed by atoms with E-state index in [1.165, 1.54) is 42.1 Å². The molecule has 0 radical (unpaired) electrons. The zero-order valence-corrected chi connectivity index (χ0v) is 23.8. The number of nitrogens with zero attached hydrogens (tertiary/aromatic N) is 4. The summed E-state index contributed by atoms with van der Waals surface area (Å²) in [7, 11) is 3.13. The van der Waals surface area contributed by atoms with Crippen molar-refractivity contribution in [1.82, 2.24) is 14.5 Å². The van der Waals surface area contributed by atoms with Crippen molar-refractivity contribution < 1.29 is 33.8 Å². The van der Waals surface area contributed by atoms with Crippen molar-refractivity contribution >= 4 is 47.1 Å². The lowest BCUT2D eigenvalue weighted by molar-refractivity contribution is -0.116. The van der Waals surface area contributed by atoms with Crippen molar-refractivity contribution in [3.8, 4) is 11.5 Å². The first kappa shape index (κ1) is 29.3. The van der Waals surface area contributed by atoms with Crippen LogP contribution in [0.4, 0.5) is 17.2 Å². The SMILES string of the molecule is COc1cc2c(cc1OCCCC(=O)Nc1cn(C)c(C(=O)Nc3ccc(C(=O)O)cc3)n1)N=C[C@@H]1CCCCN1C2=O. The molecule has 3 heterocycles. The molecular weight excluding hydrogens is 556 g/mol. The van der Waals surface area contributed by atoms with Gasteiger partial charge in [0.1, 0.15) is 0 Å². The molecule has 2 aliphatic rings. The molecule has 5 rings (SSSR count). The van der Waals surface area contributed by atoms with Gasteiger partial charge in [-0.3, -0.25) is 19.4 Å². The van der Waals surface area contributed by atoms with Crippen LogP contribution in [0.15, 0.2) is 47.6 Å². The number of aromatic carboxylic acids is 1. The smallest absolute Gasteiger partial charge is 0.335 e. The zero-order valence-electron chi connectivity index (χ0n) is 23.8. The third-order valence-corrected chi connectivity index (χ3v) is 7.25. The highest BCUT2D eigenvalue weighted by Gasteiger charge is 2.31. The van der Waals surface area contributed by atoms with Crippen molar-refractivity contribution in [2.45, 2.75) is 38.1 Å². The van der Waals surface area contributed by atoms with E-state index < -0.39 is 11.9 Å². The molecule has 0 spiro atoms. The highest BCUT2D eigenvalue weighted by molar-refractivity contribution is 6.04. The maximum absolute atomic E-state index is 13.2. The molecule has 224 valence electrons. The Morgan fingerprint density at radius 1 is 1.09 bits per heavy atom. The molecule has 2 aromatic carbocycles. The lowest BCUT2D eigenvalue weighted by Crippen LogP contribution is -2.43. The first-order valence-electron chi connectivity index (χ1n) is 13.9. The number of aliphatic imine (C=N–C) groups is 1. The predicted octanol–water partition coefficient (Wildman–Crippen LogP) is 3.89. The van der Waals surface area contributed by atoms with Gasteiger partial charge in [0.2, 0.25) is 11.7 Å². The Bertz CT molecular complexity index is 1580. The second-order valence-corrected chi connectivity index (χ2v) is 10.3. The fraction of sp³-hybridized carbons (Fsp3) is 0.333. The molecule has 1 fully saturated rings. The van der Waals surface area contributed by atoms with Crippen LogP contribution in [-0.4, -0.2) is 75.8 Å². The Balaban J connectivity index is 1.14. The number of carboxylic acid groups (broad SMARTS) is 1. The van der Waals surface area contributed by atoms with E-state index >= 15 is 0 Å². The molecule has 3 amide bonds. The summed E-state index contributed by atoms with van der Waals surface area (Å²) in [4.78, 5) is 60.0. The van der Waals surface area contributed by atoms with Crippen molar-refractivity contribution in [2.75, 3.05) is 30.9 Å². The number of amides is 3. The Kier molecular flexibility index (Phi) is 8.69. The number of ether oxygens (including phenoxy) is 2. The normalized spacial score (nSPS) is 15.6. The summed E-state index contributed by atoms with van der Waals surface area (Å²) in [5.41, 5.74) is 1.51. The average molecular weight is 589 g/mol. The Labute approximate surface area is 247 Å². The fourth-order valence-electron chi connectivity index (χ4n) is 5.03. The number of imidazole rings is 1. The van der Waals surface area contributed by atoms with Crippen molar-refractivity contribution in [1.29, 1.82) is 0 Å². The standard InChI is InChI=1S/C30H32N6O7/c1-35-17-25(34-27(35)28(38)32-19-10-8-18(9-11-19)30(40)41)33-26(37)7-5-13-43-24-15-22-21(14-23(24)42-2)29(39)36-12-4-3-6-20(36)16-31-22/h8-11,14-17,20H,3-7,12-13H2,1-2H3,(H,32,38)(H,33,37)(H,40,41)/t20-/m0/s1. The number of rotatable bonds is 10. The highest BCUT2D eigenvalue weighted by Crippen LogP contribution is 2.38. The predicted molar refractivity (Wildman–Crippen MR) is 158 cm³/mol. The van der Waals surface area contributed by atoms with Crippen LogP contribution in [0, 0.1) is 0 Å². The minimum atomic E-state index is -1.06. The summed E-state index contributed by atoms with van der Waals surface area (Å²) in [6.07, 6.45) is 6.79. The van der Waals surface area contributed by atoms with E-state index in [-0.39, 0.29) is 48.1 Å². The Hall–Kier alpha value is -5.20. The number of carbonyl (C=O) groups excluding carboxylic acids is 3. The maximum atomic E-state index is 13.2. The van der Waals surface area contributed by atoms with Gasteiger partial charge < -0.3 is 34.7 Å². The zero-order chi connectivity index (χ0) is 30.5. The monoisotopic (exact) mass is 588 g/mol. The quantitative estimate of drug-likeness (QED) is 0.300. The van der Waals surface area contributed by atoms with E-state index in [1.807, 2.05) is 11.1 Å². The van der Waals surface area contributed by atoms with Gasteiger partial charge in [-0.25, -0.2) is 9.78 Å². The second kappa shape index (κ2) is 12.8. The number of aryl methyl sites for hydroxylation is 1. The number of benzene rings is 2. The van der Waals surface area contributed by atoms with Gasteiger partial charge in [0.15, 0.2) is 17.3 Å². The number of fused-ring (bicyclic) bond motifs is 2. The number of hydrogen-bond acceptors (Lipinski definition) is 8. The lowest BCUT2D eigenvalue weighted by Gasteiger charge is -2.32. The number of hydrogen-bond donors (Lipinski definition) is 3. The molecule has 1 saturated heterocycles. The average Bonchev–Trinajstić information content (AvgIpc) is 3.31. The number of methoxy groups -OCH3 is 1. The molecule has 2 aliphatic heterocycles. The van der Waals surface area contributed by atoms with Crippen LogP contribution >= 0.6 is 0 Å². The summed E-state index contributed by atoms with van der Waals surface area (Å²) in [5.74, 6) is -0.827. The maximum Gasteiger partial charge on any atom is 0.335 e. The summed E-state index contributed by atoms with van der Waals surface area (Å²) < 4.78 is 12.9. The number of anilines is 2. The van der Waals surface area contributed by atoms with Gasteiger partial charge in [-0.05, 0) is 56.0 Å². The second-order valence-electron chi connectivity index (χ2n) is 10.3. The van der Waals surface area contributed by atoms with Crippen molar-refractivity contribution in [3.05, 3.63) is 59.5 Å². The van der Waals surface area contributed by atoms with Gasteiger partial charge in [0, 0.05) is 44.2 Å². The third-order valence-electron chi connectivity index (χ3n) is 7.25. The van der Waals surface area contributed by atoms with Gasteiger partial charge in [-0.15, -0.1) is 0 Å².